The Morgan fingerprint density at radius 1 is 1.00 bits per heavy atom. The number of ether oxygens (including phenoxy) is 1. The van der Waals surface area contributed by atoms with Crippen molar-refractivity contribution in [3.05, 3.63) is 65.9 Å². The molecule has 0 saturated carbocycles. The smallest absolute Gasteiger partial charge is 0.406 e. The third-order valence-electron chi connectivity index (χ3n) is 5.25. The number of hydrogen-bond acceptors (Lipinski definition) is 4. The highest BCUT2D eigenvalue weighted by atomic mass is 19.4. The second-order valence-electron chi connectivity index (χ2n) is 6.99. The number of para-hydroxylation sites is 1. The van der Waals surface area contributed by atoms with Crippen molar-refractivity contribution in [1.29, 1.82) is 0 Å². The minimum atomic E-state index is -4.80. The van der Waals surface area contributed by atoms with Crippen molar-refractivity contribution in [3.63, 3.8) is 0 Å². The first-order valence-electron chi connectivity index (χ1n) is 8.93. The van der Waals surface area contributed by atoms with Crippen LogP contribution in [0, 0.1) is 0 Å². The van der Waals surface area contributed by atoms with Crippen LogP contribution in [0.2, 0.25) is 0 Å². The molecule has 0 saturated heterocycles. The third-order valence-corrected chi connectivity index (χ3v) is 5.25. The van der Waals surface area contributed by atoms with Crippen molar-refractivity contribution in [1.82, 2.24) is 9.78 Å². The Morgan fingerprint density at radius 3 is 2.47 bits per heavy atom. The zero-order valence-electron chi connectivity index (χ0n) is 15.2. The molecule has 152 valence electrons. The van der Waals surface area contributed by atoms with E-state index in [2.05, 4.69) is 20.5 Å². The van der Waals surface area contributed by atoms with Gasteiger partial charge in [0.05, 0.1) is 11.9 Å². The summed E-state index contributed by atoms with van der Waals surface area (Å²) in [4.78, 5) is 25.5. The summed E-state index contributed by atoms with van der Waals surface area (Å²) < 4.78 is 42.4. The number of carbonyl (C=O) groups is 2. The molecule has 30 heavy (non-hydrogen) atoms. The lowest BCUT2D eigenvalue weighted by Crippen LogP contribution is -2.43. The lowest BCUT2D eigenvalue weighted by Gasteiger charge is -2.31. The number of nitrogens with zero attached hydrogens (tertiary/aromatic N) is 2. The standard InChI is InChI=1S/C20H13F3N4O3/c21-20(22,23)30-12-7-5-11(6-8-12)27-17-14(10-24-27)19(9-16(28)26-17)13-3-1-2-4-15(13)25-18(19)29/h1-8,10H,9H2,(H,25,29)(H,26,28)/t19-/m0/s1. The molecule has 7 nitrogen and oxygen atoms in total. The first kappa shape index (κ1) is 18.2. The van der Waals surface area contributed by atoms with Crippen LogP contribution in [-0.4, -0.2) is 28.0 Å². The van der Waals surface area contributed by atoms with E-state index in [0.29, 0.717) is 28.3 Å². The molecule has 0 aliphatic carbocycles. The van der Waals surface area contributed by atoms with E-state index in [0.717, 1.165) is 12.1 Å². The van der Waals surface area contributed by atoms with Gasteiger partial charge in [-0.25, -0.2) is 4.68 Å². The molecular weight excluding hydrogens is 401 g/mol. The summed E-state index contributed by atoms with van der Waals surface area (Å²) in [5.74, 6) is -0.777. The lowest BCUT2D eigenvalue weighted by molar-refractivity contribution is -0.274. The first-order valence-corrected chi connectivity index (χ1v) is 8.93. The molecule has 3 aromatic rings. The van der Waals surface area contributed by atoms with Crippen molar-refractivity contribution in [2.75, 3.05) is 10.6 Å². The van der Waals surface area contributed by atoms with Gasteiger partial charge in [-0.2, -0.15) is 5.10 Å². The highest BCUT2D eigenvalue weighted by molar-refractivity contribution is 6.14. The zero-order valence-corrected chi connectivity index (χ0v) is 15.2. The summed E-state index contributed by atoms with van der Waals surface area (Å²) in [6.45, 7) is 0. The summed E-state index contributed by atoms with van der Waals surface area (Å²) in [5, 5.41) is 9.84. The molecule has 1 aromatic heterocycles. The van der Waals surface area contributed by atoms with Gasteiger partial charge in [0.25, 0.3) is 0 Å². The van der Waals surface area contributed by atoms with Gasteiger partial charge in [-0.3, -0.25) is 9.59 Å². The Morgan fingerprint density at radius 2 is 1.73 bits per heavy atom. The number of fused-ring (bicyclic) bond motifs is 4. The maximum Gasteiger partial charge on any atom is 0.573 e. The average Bonchev–Trinajstić information content (AvgIpc) is 3.22. The van der Waals surface area contributed by atoms with Crippen LogP contribution in [0.5, 0.6) is 5.75 Å². The van der Waals surface area contributed by atoms with Crippen LogP contribution in [-0.2, 0) is 15.0 Å². The number of rotatable bonds is 2. The van der Waals surface area contributed by atoms with E-state index in [1.54, 1.807) is 24.3 Å². The number of carbonyl (C=O) groups excluding carboxylic acids is 2. The van der Waals surface area contributed by atoms with Crippen LogP contribution in [0.15, 0.2) is 54.7 Å². The first-order chi connectivity index (χ1) is 14.3. The van der Waals surface area contributed by atoms with E-state index in [9.17, 15) is 22.8 Å². The van der Waals surface area contributed by atoms with Crippen LogP contribution >= 0.6 is 0 Å². The molecule has 10 heteroatoms. The quantitative estimate of drug-likeness (QED) is 0.674. The normalized spacial score (nSPS) is 19.8. The summed E-state index contributed by atoms with van der Waals surface area (Å²) in [5.41, 5.74) is 1.00. The number of anilines is 2. The minimum Gasteiger partial charge on any atom is -0.406 e. The molecule has 0 fully saturated rings. The molecule has 2 N–H and O–H groups in total. The van der Waals surface area contributed by atoms with Crippen molar-refractivity contribution in [2.45, 2.75) is 18.2 Å². The molecule has 0 radical (unpaired) electrons. The van der Waals surface area contributed by atoms with Gasteiger partial charge in [0.1, 0.15) is 17.0 Å². The molecule has 2 aromatic carbocycles. The summed E-state index contributed by atoms with van der Waals surface area (Å²) in [7, 11) is 0. The van der Waals surface area contributed by atoms with Gasteiger partial charge < -0.3 is 15.4 Å². The van der Waals surface area contributed by atoms with E-state index >= 15 is 0 Å². The van der Waals surface area contributed by atoms with Gasteiger partial charge in [0.2, 0.25) is 11.8 Å². The monoisotopic (exact) mass is 414 g/mol. The fourth-order valence-corrected chi connectivity index (χ4v) is 4.04. The second-order valence-corrected chi connectivity index (χ2v) is 6.99. The Labute approximate surface area is 167 Å². The minimum absolute atomic E-state index is 0.0765. The van der Waals surface area contributed by atoms with Gasteiger partial charge >= 0.3 is 6.36 Å². The number of alkyl halides is 3. The molecule has 1 spiro atoms. The van der Waals surface area contributed by atoms with E-state index in [-0.39, 0.29) is 24.0 Å². The van der Waals surface area contributed by atoms with Crippen LogP contribution in [0.25, 0.3) is 5.69 Å². The van der Waals surface area contributed by atoms with E-state index in [1.165, 1.54) is 23.0 Å². The SMILES string of the molecule is O=C1C[C@@]2(C(=O)Nc3ccccc32)c2cnn(-c3ccc(OC(F)(F)F)cc3)c2N1. The molecule has 3 heterocycles. The Bertz CT molecular complexity index is 1190. The Hall–Kier alpha value is -3.82. The second kappa shape index (κ2) is 6.09. The molecule has 1 atom stereocenters. The third kappa shape index (κ3) is 2.64. The van der Waals surface area contributed by atoms with Gasteiger partial charge in [-0.1, -0.05) is 18.2 Å². The van der Waals surface area contributed by atoms with Gasteiger partial charge in [-0.15, -0.1) is 13.2 Å². The van der Waals surface area contributed by atoms with Gasteiger partial charge in [-0.05, 0) is 35.9 Å². The molecule has 2 aliphatic rings. The van der Waals surface area contributed by atoms with Crippen LogP contribution < -0.4 is 15.4 Å². The molecule has 2 aliphatic heterocycles. The number of aromatic nitrogens is 2. The van der Waals surface area contributed by atoms with Crippen LogP contribution in [0.1, 0.15) is 17.5 Å². The van der Waals surface area contributed by atoms with Crippen molar-refractivity contribution < 1.29 is 27.5 Å². The Balaban J connectivity index is 1.61. The van der Waals surface area contributed by atoms with Gasteiger partial charge in [0.15, 0.2) is 0 Å². The predicted octanol–water partition coefficient (Wildman–Crippen LogP) is 3.35. The highest BCUT2D eigenvalue weighted by Gasteiger charge is 2.54. The fraction of sp³-hybridized carbons (Fsp3) is 0.150. The topological polar surface area (TPSA) is 85.2 Å². The van der Waals surface area contributed by atoms with E-state index < -0.39 is 11.8 Å². The number of amides is 2. The predicted molar refractivity (Wildman–Crippen MR) is 99.3 cm³/mol. The van der Waals surface area contributed by atoms with Gasteiger partial charge in [0, 0.05) is 17.7 Å². The fourth-order valence-electron chi connectivity index (χ4n) is 4.04. The van der Waals surface area contributed by atoms with Crippen LogP contribution in [0.4, 0.5) is 24.7 Å². The number of benzene rings is 2. The number of halogens is 3. The maximum absolute atomic E-state index is 13.0. The summed E-state index contributed by atoms with van der Waals surface area (Å²) in [6, 6.07) is 12.2. The molecule has 0 unspecified atom stereocenters. The molecular formula is C20H13F3N4O3. The lowest BCUT2D eigenvalue weighted by atomic mass is 9.72. The summed E-state index contributed by atoms with van der Waals surface area (Å²) >= 11 is 0. The largest absolute Gasteiger partial charge is 0.573 e. The van der Waals surface area contributed by atoms with Crippen molar-refractivity contribution in [2.24, 2.45) is 0 Å². The van der Waals surface area contributed by atoms with E-state index in [1.807, 2.05) is 0 Å². The van der Waals surface area contributed by atoms with Crippen LogP contribution in [0.3, 0.4) is 0 Å². The summed E-state index contributed by atoms with van der Waals surface area (Å²) in [6.07, 6.45) is -3.38. The average molecular weight is 414 g/mol. The maximum atomic E-state index is 13.0. The number of hydrogen-bond donors (Lipinski definition) is 2. The Kier molecular flexibility index (Phi) is 3.70. The van der Waals surface area contributed by atoms with E-state index in [4.69, 9.17) is 0 Å². The molecule has 5 rings (SSSR count). The zero-order chi connectivity index (χ0) is 21.1. The van der Waals surface area contributed by atoms with Crippen molar-refractivity contribution in [3.8, 4) is 11.4 Å². The molecule has 0 bridgehead atoms. The van der Waals surface area contributed by atoms with Crippen molar-refractivity contribution >= 4 is 23.3 Å². The molecule has 2 amide bonds. The highest BCUT2D eigenvalue weighted by Crippen LogP contribution is 2.50. The number of nitrogens with one attached hydrogen (secondary N) is 2.